The summed E-state index contributed by atoms with van der Waals surface area (Å²) >= 11 is 0. The molecule has 8 heavy (non-hydrogen) atoms. The van der Waals surface area contributed by atoms with Gasteiger partial charge in [0.25, 0.3) is 0 Å². The normalized spacial score (nSPS) is 34.8. The van der Waals surface area contributed by atoms with Crippen molar-refractivity contribution in [2.24, 2.45) is 5.92 Å². The summed E-state index contributed by atoms with van der Waals surface area (Å²) in [5.74, 6) is 2.07. The summed E-state index contributed by atoms with van der Waals surface area (Å²) in [6, 6.07) is 0. The lowest BCUT2D eigenvalue weighted by molar-refractivity contribution is -0.175. The molecule has 1 heterocycles. The van der Waals surface area contributed by atoms with Gasteiger partial charge in [-0.05, 0) is 6.92 Å². The number of carbonyl (C=O) groups excluding carboxylic acids is 1. The lowest BCUT2D eigenvalue weighted by Gasteiger charge is -2.27. The summed E-state index contributed by atoms with van der Waals surface area (Å²) in [5.41, 5.74) is 0. The molecule has 0 aromatic carbocycles. The first-order valence-corrected chi connectivity index (χ1v) is 2.42. The molecule has 2 atom stereocenters. The van der Waals surface area contributed by atoms with Gasteiger partial charge in [0.1, 0.15) is 5.92 Å². The molecule has 0 aliphatic carbocycles. The van der Waals surface area contributed by atoms with Crippen LogP contribution in [0.4, 0.5) is 0 Å². The molecule has 1 fully saturated rings. The van der Waals surface area contributed by atoms with Crippen molar-refractivity contribution in [3.05, 3.63) is 0 Å². The summed E-state index contributed by atoms with van der Waals surface area (Å²) < 4.78 is 4.53. The van der Waals surface area contributed by atoms with E-state index in [9.17, 15) is 4.79 Å². The Morgan fingerprint density at radius 3 is 2.62 bits per heavy atom. The van der Waals surface area contributed by atoms with Crippen LogP contribution in [0.2, 0.25) is 0 Å². The summed E-state index contributed by atoms with van der Waals surface area (Å²) in [5, 5.41) is 0. The Labute approximate surface area is 47.8 Å². The van der Waals surface area contributed by atoms with E-state index in [2.05, 4.69) is 10.7 Å². The van der Waals surface area contributed by atoms with Crippen molar-refractivity contribution in [2.75, 3.05) is 0 Å². The minimum atomic E-state index is -0.262. The van der Waals surface area contributed by atoms with Crippen molar-refractivity contribution < 1.29 is 9.53 Å². The molecule has 0 radical (unpaired) electrons. The van der Waals surface area contributed by atoms with Gasteiger partial charge in [-0.2, -0.15) is 0 Å². The first kappa shape index (κ1) is 5.17. The SMILES string of the molecule is C#C[C@@H]1OC(=O)[C@@H]1C. The van der Waals surface area contributed by atoms with Crippen LogP contribution >= 0.6 is 0 Å². The molecule has 1 aliphatic heterocycles. The third-order valence-corrected chi connectivity index (χ3v) is 1.23. The second-order valence-electron chi connectivity index (χ2n) is 1.81. The molecule has 42 valence electrons. The maximum absolute atomic E-state index is 10.3. The molecule has 2 heteroatoms. The maximum atomic E-state index is 10.3. The van der Waals surface area contributed by atoms with Crippen LogP contribution in [0.1, 0.15) is 6.92 Å². The summed E-state index contributed by atoms with van der Waals surface area (Å²) in [6.07, 6.45) is 4.70. The van der Waals surface area contributed by atoms with Gasteiger partial charge in [0.05, 0.1) is 0 Å². The van der Waals surface area contributed by atoms with E-state index < -0.39 is 0 Å². The van der Waals surface area contributed by atoms with Crippen LogP contribution in [-0.4, -0.2) is 12.1 Å². The highest BCUT2D eigenvalue weighted by Crippen LogP contribution is 2.19. The topological polar surface area (TPSA) is 26.3 Å². The van der Waals surface area contributed by atoms with Gasteiger partial charge < -0.3 is 4.74 Å². The van der Waals surface area contributed by atoms with Crippen molar-refractivity contribution in [3.63, 3.8) is 0 Å². The maximum Gasteiger partial charge on any atom is 0.314 e. The number of hydrogen-bond acceptors (Lipinski definition) is 2. The number of cyclic esters (lactones) is 1. The van der Waals surface area contributed by atoms with E-state index in [1.165, 1.54) is 0 Å². The molecule has 1 saturated heterocycles. The van der Waals surface area contributed by atoms with Gasteiger partial charge in [0, 0.05) is 0 Å². The lowest BCUT2D eigenvalue weighted by Crippen LogP contribution is -2.41. The Hall–Kier alpha value is -0.970. The predicted molar refractivity (Wildman–Crippen MR) is 27.9 cm³/mol. The monoisotopic (exact) mass is 110 g/mol. The second-order valence-corrected chi connectivity index (χ2v) is 1.81. The van der Waals surface area contributed by atoms with Crippen molar-refractivity contribution >= 4 is 5.97 Å². The third-order valence-electron chi connectivity index (χ3n) is 1.23. The Morgan fingerprint density at radius 1 is 1.88 bits per heavy atom. The van der Waals surface area contributed by atoms with Gasteiger partial charge >= 0.3 is 5.97 Å². The fourth-order valence-electron chi connectivity index (χ4n) is 0.564. The first-order chi connectivity index (χ1) is 3.75. The molecule has 0 unspecified atom stereocenters. The van der Waals surface area contributed by atoms with E-state index in [0.717, 1.165) is 0 Å². The fraction of sp³-hybridized carbons (Fsp3) is 0.500. The zero-order valence-corrected chi connectivity index (χ0v) is 4.55. The average Bonchev–Trinajstić information content (AvgIpc) is 1.81. The molecule has 0 bridgehead atoms. The van der Waals surface area contributed by atoms with Crippen LogP contribution < -0.4 is 0 Å². The zero-order valence-electron chi connectivity index (χ0n) is 4.55. The smallest absolute Gasteiger partial charge is 0.314 e. The number of esters is 1. The second kappa shape index (κ2) is 1.52. The summed E-state index contributed by atoms with van der Waals surface area (Å²) in [7, 11) is 0. The Bertz CT molecular complexity index is 154. The van der Waals surface area contributed by atoms with E-state index in [1.807, 2.05) is 0 Å². The average molecular weight is 110 g/mol. The van der Waals surface area contributed by atoms with Crippen LogP contribution in [0.25, 0.3) is 0 Å². The van der Waals surface area contributed by atoms with Crippen LogP contribution in [0.3, 0.4) is 0 Å². The number of carbonyl (C=O) groups is 1. The summed E-state index contributed by atoms with van der Waals surface area (Å²) in [6.45, 7) is 1.76. The van der Waals surface area contributed by atoms with Crippen LogP contribution in [0.5, 0.6) is 0 Å². The van der Waals surface area contributed by atoms with Crippen LogP contribution in [0, 0.1) is 18.3 Å². The van der Waals surface area contributed by atoms with E-state index in [4.69, 9.17) is 6.42 Å². The standard InChI is InChI=1S/C6H6O2/c1-3-5-4(2)6(7)8-5/h1,4-5H,2H3/t4-,5+/m1/s1. The van der Waals surface area contributed by atoms with Crippen LogP contribution in [0.15, 0.2) is 0 Å². The number of hydrogen-bond donors (Lipinski definition) is 0. The molecule has 0 aromatic rings. The van der Waals surface area contributed by atoms with Crippen molar-refractivity contribution in [2.45, 2.75) is 13.0 Å². The number of terminal acetylenes is 1. The quantitative estimate of drug-likeness (QED) is 0.328. The minimum absolute atomic E-state index is 0.0833. The molecular formula is C6H6O2. The Kier molecular flexibility index (Phi) is 0.980. The van der Waals surface area contributed by atoms with E-state index in [-0.39, 0.29) is 18.0 Å². The highest BCUT2D eigenvalue weighted by atomic mass is 16.6. The van der Waals surface area contributed by atoms with Crippen LogP contribution in [-0.2, 0) is 9.53 Å². The Balaban J connectivity index is 2.50. The van der Waals surface area contributed by atoms with Gasteiger partial charge in [0.2, 0.25) is 0 Å². The molecule has 0 aromatic heterocycles. The Morgan fingerprint density at radius 2 is 2.50 bits per heavy atom. The van der Waals surface area contributed by atoms with Gasteiger partial charge in [-0.3, -0.25) is 4.79 Å². The van der Waals surface area contributed by atoms with Crippen molar-refractivity contribution in [1.82, 2.24) is 0 Å². The van der Waals surface area contributed by atoms with Crippen molar-refractivity contribution in [1.29, 1.82) is 0 Å². The molecule has 0 saturated carbocycles. The molecule has 1 rings (SSSR count). The molecular weight excluding hydrogens is 104 g/mol. The molecule has 2 nitrogen and oxygen atoms in total. The largest absolute Gasteiger partial charge is 0.448 e. The highest BCUT2D eigenvalue weighted by Gasteiger charge is 2.36. The summed E-state index contributed by atoms with van der Waals surface area (Å²) in [4.78, 5) is 10.3. The first-order valence-electron chi connectivity index (χ1n) is 2.42. The van der Waals surface area contributed by atoms with Gasteiger partial charge in [-0.15, -0.1) is 6.42 Å². The van der Waals surface area contributed by atoms with E-state index in [0.29, 0.717) is 0 Å². The fourth-order valence-corrected chi connectivity index (χ4v) is 0.564. The van der Waals surface area contributed by atoms with Gasteiger partial charge in [-0.1, -0.05) is 5.92 Å². The third kappa shape index (κ3) is 0.481. The molecule has 0 N–H and O–H groups in total. The lowest BCUT2D eigenvalue weighted by atomic mass is 10.0. The number of ether oxygens (including phenoxy) is 1. The zero-order chi connectivity index (χ0) is 6.15. The van der Waals surface area contributed by atoms with Gasteiger partial charge in [0.15, 0.2) is 6.10 Å². The predicted octanol–water partition coefficient (Wildman–Crippen LogP) is 0.181. The molecule has 0 spiro atoms. The number of rotatable bonds is 0. The molecule has 1 aliphatic rings. The molecule has 0 amide bonds. The van der Waals surface area contributed by atoms with E-state index >= 15 is 0 Å². The minimum Gasteiger partial charge on any atom is -0.448 e. The van der Waals surface area contributed by atoms with Gasteiger partial charge in [-0.25, -0.2) is 0 Å². The van der Waals surface area contributed by atoms with Crippen molar-refractivity contribution in [3.8, 4) is 12.3 Å². The van der Waals surface area contributed by atoms with E-state index in [1.54, 1.807) is 6.92 Å². The highest BCUT2D eigenvalue weighted by molar-refractivity contribution is 5.79.